The van der Waals surface area contributed by atoms with Crippen LogP contribution in [0.25, 0.3) is 0 Å². The van der Waals surface area contributed by atoms with Crippen LogP contribution in [0.15, 0.2) is 36.4 Å². The summed E-state index contributed by atoms with van der Waals surface area (Å²) in [5.74, 6) is -0.964. The van der Waals surface area contributed by atoms with E-state index >= 15 is 0 Å². The second-order valence-electron chi connectivity index (χ2n) is 7.11. The van der Waals surface area contributed by atoms with E-state index in [2.05, 4.69) is 5.32 Å². The lowest BCUT2D eigenvalue weighted by molar-refractivity contribution is -0.120. The van der Waals surface area contributed by atoms with E-state index in [9.17, 15) is 13.2 Å². The van der Waals surface area contributed by atoms with Crippen molar-refractivity contribution in [2.45, 2.75) is 25.5 Å². The van der Waals surface area contributed by atoms with E-state index in [0.29, 0.717) is 45.7 Å². The van der Waals surface area contributed by atoms with Crippen molar-refractivity contribution < 1.29 is 13.2 Å². The van der Waals surface area contributed by atoms with E-state index in [4.69, 9.17) is 34.8 Å². The molecular formula is C20H21Cl3N2O3S. The van der Waals surface area contributed by atoms with Gasteiger partial charge in [-0.1, -0.05) is 46.9 Å². The molecule has 0 aromatic heterocycles. The highest BCUT2D eigenvalue weighted by Crippen LogP contribution is 2.29. The van der Waals surface area contributed by atoms with Gasteiger partial charge in [-0.05, 0) is 49.6 Å². The number of benzene rings is 2. The third-order valence-electron chi connectivity index (χ3n) is 4.98. The number of carbonyl (C=O) groups is 1. The summed E-state index contributed by atoms with van der Waals surface area (Å²) in [6, 6.07) is 10.2. The maximum absolute atomic E-state index is 12.9. The molecule has 29 heavy (non-hydrogen) atoms. The molecule has 3 rings (SSSR count). The lowest BCUT2D eigenvalue weighted by Gasteiger charge is -2.31. The number of nitrogens with one attached hydrogen (secondary N) is 1. The van der Waals surface area contributed by atoms with E-state index in [-0.39, 0.29) is 18.2 Å². The van der Waals surface area contributed by atoms with Gasteiger partial charge < -0.3 is 5.32 Å². The van der Waals surface area contributed by atoms with Crippen LogP contribution in [0.1, 0.15) is 24.0 Å². The summed E-state index contributed by atoms with van der Waals surface area (Å²) in [5.41, 5.74) is 1.88. The summed E-state index contributed by atoms with van der Waals surface area (Å²) in [6.45, 7) is 2.36. The predicted molar refractivity (Wildman–Crippen MR) is 118 cm³/mol. The van der Waals surface area contributed by atoms with Crippen molar-refractivity contribution in [3.63, 3.8) is 0 Å². The quantitative estimate of drug-likeness (QED) is 0.651. The van der Waals surface area contributed by atoms with Gasteiger partial charge in [-0.15, -0.1) is 0 Å². The van der Waals surface area contributed by atoms with Gasteiger partial charge in [0.2, 0.25) is 15.9 Å². The van der Waals surface area contributed by atoms with Gasteiger partial charge in [0, 0.05) is 39.4 Å². The fourth-order valence-electron chi connectivity index (χ4n) is 3.27. The van der Waals surface area contributed by atoms with Gasteiger partial charge >= 0.3 is 0 Å². The van der Waals surface area contributed by atoms with Gasteiger partial charge in [0.1, 0.15) is 0 Å². The summed E-state index contributed by atoms with van der Waals surface area (Å²) in [5, 5.41) is 4.01. The monoisotopic (exact) mass is 474 g/mol. The van der Waals surface area contributed by atoms with E-state index in [1.165, 1.54) is 4.31 Å². The fraction of sp³-hybridized carbons (Fsp3) is 0.350. The number of amides is 1. The molecular weight excluding hydrogens is 455 g/mol. The maximum atomic E-state index is 12.9. The van der Waals surface area contributed by atoms with Crippen LogP contribution in [-0.4, -0.2) is 31.7 Å². The first-order chi connectivity index (χ1) is 13.7. The van der Waals surface area contributed by atoms with E-state index in [1.807, 2.05) is 13.0 Å². The number of carbonyl (C=O) groups excluding carboxylic acids is 1. The molecule has 1 fully saturated rings. The molecule has 1 aliphatic heterocycles. The van der Waals surface area contributed by atoms with Gasteiger partial charge in [0.05, 0.1) is 11.7 Å². The molecule has 1 N–H and O–H groups in total. The van der Waals surface area contributed by atoms with Gasteiger partial charge in [-0.2, -0.15) is 0 Å². The average molecular weight is 476 g/mol. The number of nitrogens with zero attached hydrogens (tertiary/aromatic N) is 1. The highest BCUT2D eigenvalue weighted by atomic mass is 35.5. The summed E-state index contributed by atoms with van der Waals surface area (Å²) < 4.78 is 27.2. The Balaban J connectivity index is 1.70. The van der Waals surface area contributed by atoms with Crippen molar-refractivity contribution in [1.82, 2.24) is 4.31 Å². The molecule has 0 bridgehead atoms. The maximum Gasteiger partial charge on any atom is 0.228 e. The molecule has 1 heterocycles. The van der Waals surface area contributed by atoms with E-state index < -0.39 is 15.9 Å². The first kappa shape index (κ1) is 22.4. The Morgan fingerprint density at radius 2 is 1.83 bits per heavy atom. The standard InChI is InChI=1S/C20H21Cl3N2O3S/c1-13-7-8-15(10-19(13)23)24-20(26)14-4-3-9-25(11-14)29(27,28)12-16-17(21)5-2-6-18(16)22/h2,5-8,10,14H,3-4,9,11-12H2,1H3,(H,24,26). The van der Waals surface area contributed by atoms with Crippen molar-refractivity contribution in [2.75, 3.05) is 18.4 Å². The molecule has 1 aliphatic rings. The molecule has 9 heteroatoms. The number of aryl methyl sites for hydroxylation is 1. The minimum atomic E-state index is -3.67. The summed E-state index contributed by atoms with van der Waals surface area (Å²) in [6.07, 6.45) is 1.21. The van der Waals surface area contributed by atoms with Crippen LogP contribution in [0.4, 0.5) is 5.69 Å². The topological polar surface area (TPSA) is 66.5 Å². The summed E-state index contributed by atoms with van der Waals surface area (Å²) in [4.78, 5) is 12.7. The molecule has 1 atom stereocenters. The van der Waals surface area contributed by atoms with Crippen molar-refractivity contribution in [1.29, 1.82) is 0 Å². The van der Waals surface area contributed by atoms with Crippen molar-refractivity contribution in [3.05, 3.63) is 62.6 Å². The molecule has 0 saturated carbocycles. The summed E-state index contributed by atoms with van der Waals surface area (Å²) in [7, 11) is -3.67. The first-order valence-electron chi connectivity index (χ1n) is 9.15. The molecule has 2 aromatic rings. The minimum Gasteiger partial charge on any atom is -0.326 e. The van der Waals surface area contributed by atoms with Gasteiger partial charge in [0.25, 0.3) is 0 Å². The Morgan fingerprint density at radius 1 is 1.14 bits per heavy atom. The molecule has 0 spiro atoms. The third kappa shape index (κ3) is 5.44. The molecule has 5 nitrogen and oxygen atoms in total. The van der Waals surface area contributed by atoms with E-state index in [1.54, 1.807) is 30.3 Å². The van der Waals surface area contributed by atoms with Crippen LogP contribution in [0.5, 0.6) is 0 Å². The Bertz CT molecular complexity index is 1010. The Kier molecular flexibility index (Phi) is 7.12. The molecule has 1 unspecified atom stereocenters. The van der Waals surface area contributed by atoms with Crippen LogP contribution in [0.2, 0.25) is 15.1 Å². The van der Waals surface area contributed by atoms with Crippen LogP contribution < -0.4 is 5.32 Å². The summed E-state index contributed by atoms with van der Waals surface area (Å²) >= 11 is 18.4. The number of hydrogen-bond acceptors (Lipinski definition) is 3. The second kappa shape index (κ2) is 9.23. The van der Waals surface area contributed by atoms with E-state index in [0.717, 1.165) is 5.56 Å². The largest absolute Gasteiger partial charge is 0.326 e. The highest BCUT2D eigenvalue weighted by molar-refractivity contribution is 7.88. The molecule has 156 valence electrons. The van der Waals surface area contributed by atoms with Crippen LogP contribution >= 0.6 is 34.8 Å². The second-order valence-corrected chi connectivity index (χ2v) is 10.3. The zero-order chi connectivity index (χ0) is 21.2. The zero-order valence-electron chi connectivity index (χ0n) is 15.8. The Morgan fingerprint density at radius 3 is 2.48 bits per heavy atom. The SMILES string of the molecule is Cc1ccc(NC(=O)C2CCCN(S(=O)(=O)Cc3c(Cl)cccc3Cl)C2)cc1Cl. The molecule has 0 aliphatic carbocycles. The molecule has 2 aromatic carbocycles. The van der Waals surface area contributed by atoms with Gasteiger partial charge in [-0.25, -0.2) is 12.7 Å². The number of piperidine rings is 1. The number of halogens is 3. The highest BCUT2D eigenvalue weighted by Gasteiger charge is 2.33. The first-order valence-corrected chi connectivity index (χ1v) is 11.9. The van der Waals surface area contributed by atoms with Crippen molar-refractivity contribution >= 4 is 56.4 Å². The van der Waals surface area contributed by atoms with Crippen molar-refractivity contribution in [3.8, 4) is 0 Å². The van der Waals surface area contributed by atoms with Gasteiger partial charge in [0.15, 0.2) is 0 Å². The number of anilines is 1. The molecule has 1 saturated heterocycles. The minimum absolute atomic E-state index is 0.121. The predicted octanol–water partition coefficient (Wildman–Crippen LogP) is 5.14. The Labute approximate surface area is 186 Å². The molecule has 0 radical (unpaired) electrons. The Hall–Kier alpha value is -1.31. The van der Waals surface area contributed by atoms with Crippen LogP contribution in [0, 0.1) is 12.8 Å². The normalized spacial score (nSPS) is 17.9. The van der Waals surface area contributed by atoms with Crippen molar-refractivity contribution in [2.24, 2.45) is 5.92 Å². The number of hydrogen-bond donors (Lipinski definition) is 1. The average Bonchev–Trinajstić information content (AvgIpc) is 2.68. The van der Waals surface area contributed by atoms with Crippen LogP contribution in [-0.2, 0) is 20.6 Å². The number of rotatable bonds is 5. The lowest BCUT2D eigenvalue weighted by atomic mass is 9.98. The lowest BCUT2D eigenvalue weighted by Crippen LogP contribution is -2.44. The number of sulfonamides is 1. The smallest absolute Gasteiger partial charge is 0.228 e. The van der Waals surface area contributed by atoms with Crippen LogP contribution in [0.3, 0.4) is 0 Å². The zero-order valence-corrected chi connectivity index (χ0v) is 18.9. The molecule has 1 amide bonds. The van der Waals surface area contributed by atoms with Gasteiger partial charge in [-0.3, -0.25) is 4.79 Å². The fourth-order valence-corrected chi connectivity index (χ4v) is 5.81. The third-order valence-corrected chi connectivity index (χ3v) is 7.86.